The molecule has 2 atom stereocenters. The maximum absolute atomic E-state index is 2.63. The third kappa shape index (κ3) is 5.28. The molecule has 0 saturated carbocycles. The lowest BCUT2D eigenvalue weighted by Gasteiger charge is -2.55. The fourth-order valence-electron chi connectivity index (χ4n) is 4.55. The average Bonchev–Trinajstić information content (AvgIpc) is 2.78. The zero-order valence-corrected chi connectivity index (χ0v) is 19.2. The van der Waals surface area contributed by atoms with E-state index in [2.05, 4.69) is 128 Å². The summed E-state index contributed by atoms with van der Waals surface area (Å²) in [6.45, 7) is 14.2. The van der Waals surface area contributed by atoms with Gasteiger partial charge in [-0.05, 0) is 51.3 Å². The van der Waals surface area contributed by atoms with Crippen molar-refractivity contribution in [3.8, 4) is 0 Å². The van der Waals surface area contributed by atoms with Gasteiger partial charge in [0.1, 0.15) is 0 Å². The van der Waals surface area contributed by atoms with E-state index in [1.807, 2.05) is 0 Å². The quantitative estimate of drug-likeness (QED) is 0.536. The lowest BCUT2D eigenvalue weighted by molar-refractivity contribution is -0.161. The Balaban J connectivity index is 1.90. The van der Waals surface area contributed by atoms with Gasteiger partial charge in [0.15, 0.2) is 0 Å². The van der Waals surface area contributed by atoms with Crippen LogP contribution in [-0.2, 0) is 13.1 Å². The van der Waals surface area contributed by atoms with Gasteiger partial charge in [-0.1, -0.05) is 78.9 Å². The van der Waals surface area contributed by atoms with Gasteiger partial charge in [0.05, 0.1) is 18.5 Å². The van der Waals surface area contributed by atoms with Crippen molar-refractivity contribution in [2.45, 2.75) is 66.2 Å². The van der Waals surface area contributed by atoms with E-state index in [-0.39, 0.29) is 0 Å². The van der Waals surface area contributed by atoms with E-state index in [1.165, 1.54) is 16.7 Å². The second-order valence-corrected chi connectivity index (χ2v) is 8.25. The molecule has 3 heteroatoms. The van der Waals surface area contributed by atoms with E-state index >= 15 is 0 Å². The highest BCUT2D eigenvalue weighted by atomic mass is 15.6. The predicted molar refractivity (Wildman–Crippen MR) is 128 cm³/mol. The summed E-state index contributed by atoms with van der Waals surface area (Å²) >= 11 is 0. The van der Waals surface area contributed by atoms with Crippen LogP contribution in [0.5, 0.6) is 0 Å². The topological polar surface area (TPSA) is 9.72 Å². The number of hydrogen-bond donors (Lipinski definition) is 0. The Labute approximate surface area is 183 Å². The van der Waals surface area contributed by atoms with Gasteiger partial charge in [-0.25, -0.2) is 0 Å². The molecule has 1 aliphatic rings. The van der Waals surface area contributed by atoms with Crippen LogP contribution >= 0.6 is 0 Å². The van der Waals surface area contributed by atoms with Crippen LogP contribution in [0.15, 0.2) is 84.5 Å². The fraction of sp³-hybridized carbons (Fsp3) is 0.407. The SMILES string of the molecule is C/C=C\C(=C/C)CN1C(C)N(Cc2ccccc2)C(C)N(Cc2ccccc2)C1C. The molecule has 0 radical (unpaired) electrons. The first-order valence-electron chi connectivity index (χ1n) is 11.2. The Morgan fingerprint density at radius 1 is 0.700 bits per heavy atom. The van der Waals surface area contributed by atoms with Crippen LogP contribution in [0, 0.1) is 0 Å². The van der Waals surface area contributed by atoms with E-state index in [0.717, 1.165) is 19.6 Å². The molecule has 3 nitrogen and oxygen atoms in total. The van der Waals surface area contributed by atoms with E-state index in [0.29, 0.717) is 18.5 Å². The van der Waals surface area contributed by atoms with E-state index in [1.54, 1.807) is 0 Å². The van der Waals surface area contributed by atoms with Gasteiger partial charge in [0, 0.05) is 19.6 Å². The Kier molecular flexibility index (Phi) is 8.03. The highest BCUT2D eigenvalue weighted by molar-refractivity contribution is 5.21. The molecule has 0 amide bonds. The highest BCUT2D eigenvalue weighted by Crippen LogP contribution is 2.30. The first-order chi connectivity index (χ1) is 14.5. The van der Waals surface area contributed by atoms with E-state index in [4.69, 9.17) is 0 Å². The summed E-state index contributed by atoms with van der Waals surface area (Å²) in [4.78, 5) is 7.88. The summed E-state index contributed by atoms with van der Waals surface area (Å²) in [6.07, 6.45) is 7.66. The summed E-state index contributed by atoms with van der Waals surface area (Å²) < 4.78 is 0. The fourth-order valence-corrected chi connectivity index (χ4v) is 4.55. The van der Waals surface area contributed by atoms with E-state index < -0.39 is 0 Å². The molecule has 2 aromatic carbocycles. The van der Waals surface area contributed by atoms with Crippen molar-refractivity contribution in [3.63, 3.8) is 0 Å². The van der Waals surface area contributed by atoms with Crippen LogP contribution in [0.4, 0.5) is 0 Å². The van der Waals surface area contributed by atoms with Crippen molar-refractivity contribution < 1.29 is 0 Å². The number of nitrogens with zero attached hydrogens (tertiary/aromatic N) is 3. The van der Waals surface area contributed by atoms with Crippen LogP contribution in [0.3, 0.4) is 0 Å². The smallest absolute Gasteiger partial charge is 0.0627 e. The molecular weight excluding hydrogens is 366 g/mol. The van der Waals surface area contributed by atoms with Gasteiger partial charge in [-0.3, -0.25) is 14.7 Å². The minimum atomic E-state index is 0.349. The van der Waals surface area contributed by atoms with Gasteiger partial charge < -0.3 is 0 Å². The van der Waals surface area contributed by atoms with Crippen LogP contribution in [-0.4, -0.2) is 39.7 Å². The van der Waals surface area contributed by atoms with Crippen LogP contribution in [0.1, 0.15) is 45.7 Å². The van der Waals surface area contributed by atoms with Gasteiger partial charge in [-0.15, -0.1) is 0 Å². The first-order valence-corrected chi connectivity index (χ1v) is 11.2. The lowest BCUT2D eigenvalue weighted by atomic mass is 10.1. The van der Waals surface area contributed by atoms with Crippen LogP contribution < -0.4 is 0 Å². The molecule has 30 heavy (non-hydrogen) atoms. The van der Waals surface area contributed by atoms with Crippen LogP contribution in [0.25, 0.3) is 0 Å². The summed E-state index contributed by atoms with van der Waals surface area (Å²) in [6, 6.07) is 21.7. The normalized spacial score (nSPS) is 24.6. The first kappa shape index (κ1) is 22.5. The lowest BCUT2D eigenvalue weighted by Crippen LogP contribution is -2.68. The van der Waals surface area contributed by atoms with Crippen molar-refractivity contribution in [2.24, 2.45) is 0 Å². The predicted octanol–water partition coefficient (Wildman–Crippen LogP) is 5.87. The Bertz CT molecular complexity index is 772. The van der Waals surface area contributed by atoms with Gasteiger partial charge in [0.2, 0.25) is 0 Å². The maximum Gasteiger partial charge on any atom is 0.0627 e. The third-order valence-corrected chi connectivity index (χ3v) is 6.41. The number of benzene rings is 2. The van der Waals surface area contributed by atoms with Gasteiger partial charge in [-0.2, -0.15) is 0 Å². The zero-order valence-electron chi connectivity index (χ0n) is 19.2. The molecule has 1 heterocycles. The Hall–Kier alpha value is -2.20. The molecule has 1 aliphatic heterocycles. The van der Waals surface area contributed by atoms with Crippen molar-refractivity contribution in [2.75, 3.05) is 6.54 Å². The number of hydrogen-bond acceptors (Lipinski definition) is 3. The molecule has 3 rings (SSSR count). The minimum Gasteiger partial charge on any atom is -0.268 e. The van der Waals surface area contributed by atoms with Crippen molar-refractivity contribution in [1.29, 1.82) is 0 Å². The van der Waals surface area contributed by atoms with Gasteiger partial charge >= 0.3 is 0 Å². The molecule has 0 N–H and O–H groups in total. The monoisotopic (exact) mass is 403 g/mol. The second kappa shape index (κ2) is 10.7. The summed E-state index contributed by atoms with van der Waals surface area (Å²) in [7, 11) is 0. The molecule has 1 saturated heterocycles. The Morgan fingerprint density at radius 2 is 1.13 bits per heavy atom. The molecule has 0 aromatic heterocycles. The zero-order chi connectivity index (χ0) is 21.5. The summed E-state index contributed by atoms with van der Waals surface area (Å²) in [5, 5.41) is 0. The standard InChI is InChI=1S/C27H37N3/c1-6-14-25(7-2)19-28-22(3)29(20-26-15-10-8-11-16-26)24(5)30(23(28)4)21-27-17-12-9-13-18-27/h6-18,22-24H,19-21H2,1-5H3/b14-6-,25-7+. The molecular formula is C27H37N3. The molecule has 0 spiro atoms. The molecule has 1 fully saturated rings. The van der Waals surface area contributed by atoms with Crippen molar-refractivity contribution in [1.82, 2.24) is 14.7 Å². The third-order valence-electron chi connectivity index (χ3n) is 6.41. The highest BCUT2D eigenvalue weighted by Gasteiger charge is 2.40. The van der Waals surface area contributed by atoms with Gasteiger partial charge in [0.25, 0.3) is 0 Å². The van der Waals surface area contributed by atoms with Crippen molar-refractivity contribution in [3.05, 3.63) is 95.6 Å². The summed E-state index contributed by atoms with van der Waals surface area (Å²) in [5.41, 5.74) is 4.10. The Morgan fingerprint density at radius 3 is 1.53 bits per heavy atom. The van der Waals surface area contributed by atoms with E-state index in [9.17, 15) is 0 Å². The van der Waals surface area contributed by atoms with Crippen LogP contribution in [0.2, 0.25) is 0 Å². The molecule has 160 valence electrons. The second-order valence-electron chi connectivity index (χ2n) is 8.25. The average molecular weight is 404 g/mol. The minimum absolute atomic E-state index is 0.349. The number of rotatable bonds is 7. The molecule has 2 aromatic rings. The van der Waals surface area contributed by atoms with Crippen molar-refractivity contribution >= 4 is 0 Å². The maximum atomic E-state index is 2.63. The molecule has 0 aliphatic carbocycles. The summed E-state index contributed by atoms with van der Waals surface area (Å²) in [5.74, 6) is 0. The molecule has 2 unspecified atom stereocenters. The number of allylic oxidation sites excluding steroid dienone is 2. The molecule has 0 bridgehead atoms. The largest absolute Gasteiger partial charge is 0.268 e.